The summed E-state index contributed by atoms with van der Waals surface area (Å²) in [5, 5.41) is 4.46. The highest BCUT2D eigenvalue weighted by molar-refractivity contribution is 7.91. The van der Waals surface area contributed by atoms with Crippen LogP contribution in [-0.2, 0) is 9.84 Å². The highest BCUT2D eigenvalue weighted by Gasteiger charge is 2.31. The first kappa shape index (κ1) is 17.5. The lowest BCUT2D eigenvalue weighted by molar-refractivity contribution is 0.104. The van der Waals surface area contributed by atoms with E-state index in [1.807, 2.05) is 13.8 Å². The Hall–Kier alpha value is -2.28. The maximum atomic E-state index is 12.9. The van der Waals surface area contributed by atoms with E-state index in [2.05, 4.69) is 5.10 Å². The largest absolute Gasteiger partial charge is 0.289 e. The van der Waals surface area contributed by atoms with Crippen LogP contribution in [0.4, 0.5) is 4.39 Å². The van der Waals surface area contributed by atoms with Gasteiger partial charge in [-0.3, -0.25) is 9.48 Å². The third-order valence-corrected chi connectivity index (χ3v) is 6.22. The minimum Gasteiger partial charge on any atom is -0.289 e. The monoisotopic (exact) mass is 362 g/mol. The van der Waals surface area contributed by atoms with Gasteiger partial charge in [0.2, 0.25) is 0 Å². The van der Waals surface area contributed by atoms with E-state index >= 15 is 0 Å². The highest BCUT2D eigenvalue weighted by atomic mass is 32.2. The normalized spacial score (nSPS) is 19.6. The van der Waals surface area contributed by atoms with Crippen molar-refractivity contribution in [1.29, 1.82) is 0 Å². The lowest BCUT2D eigenvalue weighted by atomic mass is 10.1. The van der Waals surface area contributed by atoms with Crippen LogP contribution in [0.15, 0.2) is 30.3 Å². The first-order chi connectivity index (χ1) is 11.8. The minimum absolute atomic E-state index is 0.104. The van der Waals surface area contributed by atoms with Crippen molar-refractivity contribution in [2.75, 3.05) is 11.5 Å². The number of sulfone groups is 1. The second-order valence-electron chi connectivity index (χ2n) is 6.29. The fourth-order valence-electron chi connectivity index (χ4n) is 3.11. The van der Waals surface area contributed by atoms with Crippen LogP contribution in [0.5, 0.6) is 0 Å². The second-order valence-corrected chi connectivity index (χ2v) is 8.52. The molecule has 0 spiro atoms. The van der Waals surface area contributed by atoms with E-state index in [9.17, 15) is 17.6 Å². The Morgan fingerprint density at radius 3 is 2.56 bits per heavy atom. The summed E-state index contributed by atoms with van der Waals surface area (Å²) in [6.07, 6.45) is 3.67. The molecule has 0 amide bonds. The van der Waals surface area contributed by atoms with Crippen LogP contribution in [0.25, 0.3) is 6.08 Å². The molecule has 1 aliphatic rings. The number of hydrogen-bond donors (Lipinski definition) is 0. The van der Waals surface area contributed by atoms with Crippen molar-refractivity contribution >= 4 is 21.7 Å². The predicted octanol–water partition coefficient (Wildman–Crippen LogP) is 2.89. The number of hydrogen-bond acceptors (Lipinski definition) is 4. The smallest absolute Gasteiger partial charge is 0.185 e. The topological polar surface area (TPSA) is 69.0 Å². The van der Waals surface area contributed by atoms with Crippen LogP contribution in [0.2, 0.25) is 0 Å². The predicted molar refractivity (Wildman–Crippen MR) is 93.8 cm³/mol. The van der Waals surface area contributed by atoms with Gasteiger partial charge < -0.3 is 0 Å². The number of aromatic nitrogens is 2. The third kappa shape index (κ3) is 3.71. The van der Waals surface area contributed by atoms with Crippen LogP contribution >= 0.6 is 0 Å². The number of carbonyl (C=O) groups excluding carboxylic acids is 1. The Bertz CT molecular complexity index is 943. The van der Waals surface area contributed by atoms with E-state index in [0.717, 1.165) is 17.0 Å². The molecule has 0 N–H and O–H groups in total. The molecule has 0 bridgehead atoms. The van der Waals surface area contributed by atoms with Gasteiger partial charge in [0.1, 0.15) is 5.82 Å². The molecular weight excluding hydrogens is 343 g/mol. The third-order valence-electron chi connectivity index (χ3n) is 4.47. The number of halogens is 1. The van der Waals surface area contributed by atoms with E-state index in [0.29, 0.717) is 12.0 Å². The van der Waals surface area contributed by atoms with Gasteiger partial charge in [0.15, 0.2) is 15.6 Å². The Labute approximate surface area is 146 Å². The van der Waals surface area contributed by atoms with Crippen LogP contribution in [0.1, 0.15) is 39.8 Å². The summed E-state index contributed by atoms with van der Waals surface area (Å²) in [5.41, 5.74) is 2.79. The van der Waals surface area contributed by atoms with Crippen molar-refractivity contribution in [2.24, 2.45) is 0 Å². The quantitative estimate of drug-likeness (QED) is 0.619. The van der Waals surface area contributed by atoms with E-state index in [-0.39, 0.29) is 29.1 Å². The number of nitrogens with zero attached hydrogens (tertiary/aromatic N) is 2. The molecule has 1 saturated heterocycles. The first-order valence-electron chi connectivity index (χ1n) is 8.01. The highest BCUT2D eigenvalue weighted by Crippen LogP contribution is 2.27. The molecule has 1 aromatic heterocycles. The minimum atomic E-state index is -2.99. The number of benzene rings is 1. The second kappa shape index (κ2) is 6.55. The summed E-state index contributed by atoms with van der Waals surface area (Å²) in [6, 6.07) is 5.22. The lowest BCUT2D eigenvalue weighted by Gasteiger charge is -2.10. The summed E-state index contributed by atoms with van der Waals surface area (Å²) < 4.78 is 38.1. The summed E-state index contributed by atoms with van der Waals surface area (Å²) in [7, 11) is -2.99. The van der Waals surface area contributed by atoms with Crippen molar-refractivity contribution < 1.29 is 17.6 Å². The van der Waals surface area contributed by atoms with Gasteiger partial charge in [0.25, 0.3) is 0 Å². The summed E-state index contributed by atoms with van der Waals surface area (Å²) in [5.74, 6) is -0.327. The zero-order chi connectivity index (χ0) is 18.2. The number of ketones is 1. The van der Waals surface area contributed by atoms with Gasteiger partial charge in [0.05, 0.1) is 23.2 Å². The van der Waals surface area contributed by atoms with Gasteiger partial charge in [-0.25, -0.2) is 12.8 Å². The Morgan fingerprint density at radius 2 is 1.96 bits per heavy atom. The van der Waals surface area contributed by atoms with Crippen molar-refractivity contribution in [1.82, 2.24) is 9.78 Å². The van der Waals surface area contributed by atoms with Gasteiger partial charge in [-0.15, -0.1) is 0 Å². The van der Waals surface area contributed by atoms with Crippen molar-refractivity contribution in [2.45, 2.75) is 26.3 Å². The molecule has 3 rings (SSSR count). The first-order valence-corrected chi connectivity index (χ1v) is 9.83. The molecule has 1 fully saturated rings. The molecule has 7 heteroatoms. The van der Waals surface area contributed by atoms with E-state index < -0.39 is 9.84 Å². The van der Waals surface area contributed by atoms with Gasteiger partial charge in [-0.1, -0.05) is 0 Å². The van der Waals surface area contributed by atoms with E-state index in [4.69, 9.17) is 0 Å². The lowest BCUT2D eigenvalue weighted by Crippen LogP contribution is -2.13. The molecule has 5 nitrogen and oxygen atoms in total. The van der Waals surface area contributed by atoms with Crippen molar-refractivity contribution in [3.05, 3.63) is 58.7 Å². The molecule has 2 aromatic rings. The molecule has 1 aliphatic heterocycles. The molecule has 132 valence electrons. The SMILES string of the molecule is Cc1nn([C@@H]2CCS(=O)(=O)C2)c(C)c1/C=C/C(=O)c1ccc(F)cc1. The molecule has 1 atom stereocenters. The van der Waals surface area contributed by atoms with Gasteiger partial charge in [-0.2, -0.15) is 5.10 Å². The number of aryl methyl sites for hydroxylation is 1. The Morgan fingerprint density at radius 1 is 1.28 bits per heavy atom. The fourth-order valence-corrected chi connectivity index (χ4v) is 4.80. The van der Waals surface area contributed by atoms with E-state index in [1.54, 1.807) is 10.8 Å². The molecule has 1 aromatic carbocycles. The van der Waals surface area contributed by atoms with Gasteiger partial charge in [0, 0.05) is 16.8 Å². The Kier molecular flexibility index (Phi) is 4.60. The number of allylic oxidation sites excluding steroid dienone is 1. The fraction of sp³-hybridized carbons (Fsp3) is 0.333. The molecule has 25 heavy (non-hydrogen) atoms. The number of carbonyl (C=O) groups is 1. The molecule has 0 saturated carbocycles. The van der Waals surface area contributed by atoms with Crippen LogP contribution in [-0.4, -0.2) is 35.5 Å². The summed E-state index contributed by atoms with van der Waals surface area (Å²) >= 11 is 0. The summed E-state index contributed by atoms with van der Waals surface area (Å²) in [6.45, 7) is 3.70. The molecule has 0 radical (unpaired) electrons. The van der Waals surface area contributed by atoms with Crippen LogP contribution in [0.3, 0.4) is 0 Å². The average molecular weight is 362 g/mol. The molecule has 0 aliphatic carbocycles. The molecular formula is C18H19FN2O3S. The maximum Gasteiger partial charge on any atom is 0.185 e. The van der Waals surface area contributed by atoms with Crippen molar-refractivity contribution in [3.8, 4) is 0 Å². The zero-order valence-electron chi connectivity index (χ0n) is 14.1. The standard InChI is InChI=1S/C18H19FN2O3S/c1-12-17(7-8-18(22)14-3-5-15(19)6-4-14)13(2)21(20-12)16-9-10-25(23,24)11-16/h3-8,16H,9-11H2,1-2H3/b8-7+/t16-/m1/s1. The molecule has 0 unspecified atom stereocenters. The maximum absolute atomic E-state index is 12.9. The summed E-state index contributed by atoms with van der Waals surface area (Å²) in [4.78, 5) is 12.2. The zero-order valence-corrected chi connectivity index (χ0v) is 14.9. The van der Waals surface area contributed by atoms with Crippen LogP contribution in [0, 0.1) is 19.7 Å². The molecule has 2 heterocycles. The average Bonchev–Trinajstić information content (AvgIpc) is 3.05. The van der Waals surface area contributed by atoms with Crippen molar-refractivity contribution in [3.63, 3.8) is 0 Å². The van der Waals surface area contributed by atoms with Gasteiger partial charge in [-0.05, 0) is 56.7 Å². The Balaban J connectivity index is 1.83. The number of rotatable bonds is 4. The van der Waals surface area contributed by atoms with E-state index in [1.165, 1.54) is 30.3 Å². The van der Waals surface area contributed by atoms with Crippen LogP contribution < -0.4 is 0 Å². The van der Waals surface area contributed by atoms with Gasteiger partial charge >= 0.3 is 0 Å².